The summed E-state index contributed by atoms with van der Waals surface area (Å²) in [7, 11) is 3.02. The fourth-order valence-corrected chi connectivity index (χ4v) is 3.44. The molecule has 26 heavy (non-hydrogen) atoms. The van der Waals surface area contributed by atoms with E-state index in [1.54, 1.807) is 19.2 Å². The van der Waals surface area contributed by atoms with Gasteiger partial charge in [0.15, 0.2) is 0 Å². The van der Waals surface area contributed by atoms with Crippen molar-refractivity contribution in [2.75, 3.05) is 14.2 Å². The minimum Gasteiger partial charge on any atom is -0.497 e. The van der Waals surface area contributed by atoms with Crippen molar-refractivity contribution in [3.63, 3.8) is 0 Å². The summed E-state index contributed by atoms with van der Waals surface area (Å²) in [5, 5.41) is 4.55. The van der Waals surface area contributed by atoms with Crippen LogP contribution in [0.3, 0.4) is 0 Å². The Morgan fingerprint density at radius 1 is 0.731 bits per heavy atom. The Morgan fingerprint density at radius 2 is 1.42 bits per heavy atom. The second-order valence-electron chi connectivity index (χ2n) is 6.09. The third kappa shape index (κ3) is 2.58. The number of methoxy groups -OCH3 is 2. The second kappa shape index (κ2) is 6.52. The van der Waals surface area contributed by atoms with Gasteiger partial charge in [0.1, 0.15) is 5.75 Å². The molecule has 0 saturated heterocycles. The fraction of sp³-hybridized carbons (Fsp3) is 0.0870. The average Bonchev–Trinajstić information content (AvgIpc) is 2.72. The van der Waals surface area contributed by atoms with Crippen molar-refractivity contribution in [2.45, 2.75) is 0 Å². The van der Waals surface area contributed by atoms with Crippen LogP contribution in [0.5, 0.6) is 5.75 Å². The monoisotopic (exact) mass is 342 g/mol. The molecule has 0 aliphatic rings. The van der Waals surface area contributed by atoms with Gasteiger partial charge in [-0.3, -0.25) is 0 Å². The first-order valence-electron chi connectivity index (χ1n) is 8.40. The van der Waals surface area contributed by atoms with E-state index >= 15 is 0 Å². The molecule has 4 aromatic rings. The normalized spacial score (nSPS) is 10.8. The molecule has 0 aromatic heterocycles. The Balaban J connectivity index is 2.12. The van der Waals surface area contributed by atoms with Gasteiger partial charge in [-0.1, -0.05) is 48.5 Å². The van der Waals surface area contributed by atoms with E-state index in [0.717, 1.165) is 27.3 Å². The zero-order chi connectivity index (χ0) is 18.1. The van der Waals surface area contributed by atoms with Crippen LogP contribution < -0.4 is 4.74 Å². The van der Waals surface area contributed by atoms with Gasteiger partial charge in [0, 0.05) is 5.56 Å². The molecule has 0 spiro atoms. The highest BCUT2D eigenvalue weighted by molar-refractivity contribution is 6.15. The molecule has 3 heteroatoms. The number of hydrogen-bond acceptors (Lipinski definition) is 3. The maximum Gasteiger partial charge on any atom is 0.338 e. The molecule has 0 aliphatic heterocycles. The minimum absolute atomic E-state index is 0.361. The Bertz CT molecular complexity index is 1130. The van der Waals surface area contributed by atoms with Crippen molar-refractivity contribution in [1.29, 1.82) is 0 Å². The molecule has 0 saturated carbocycles. The van der Waals surface area contributed by atoms with Crippen LogP contribution in [-0.4, -0.2) is 20.2 Å². The second-order valence-corrected chi connectivity index (χ2v) is 6.09. The highest BCUT2D eigenvalue weighted by Gasteiger charge is 2.17. The van der Waals surface area contributed by atoms with E-state index in [4.69, 9.17) is 9.47 Å². The fourth-order valence-electron chi connectivity index (χ4n) is 3.44. The van der Waals surface area contributed by atoms with E-state index in [2.05, 4.69) is 30.3 Å². The molecule has 128 valence electrons. The maximum atomic E-state index is 12.3. The summed E-state index contributed by atoms with van der Waals surface area (Å²) >= 11 is 0. The third-order valence-electron chi connectivity index (χ3n) is 4.69. The highest BCUT2D eigenvalue weighted by Crippen LogP contribution is 2.37. The molecule has 0 atom stereocenters. The number of fused-ring (bicyclic) bond motifs is 3. The van der Waals surface area contributed by atoms with Crippen molar-refractivity contribution >= 4 is 27.5 Å². The number of esters is 1. The first-order chi connectivity index (χ1) is 12.7. The van der Waals surface area contributed by atoms with Crippen molar-refractivity contribution in [3.8, 4) is 16.9 Å². The standard InChI is InChI=1S/C23H18O3/c1-25-16-11-12-20(23(24)26-2)22(14-16)21-13-15-7-3-4-8-17(15)18-9-5-6-10-19(18)21/h3-14H,1-2H3. The molecule has 0 aliphatic carbocycles. The van der Waals surface area contributed by atoms with E-state index in [0.29, 0.717) is 11.3 Å². The van der Waals surface area contributed by atoms with Gasteiger partial charge in [-0.05, 0) is 51.4 Å². The minimum atomic E-state index is -0.361. The van der Waals surface area contributed by atoms with Gasteiger partial charge in [-0.25, -0.2) is 4.79 Å². The summed E-state index contributed by atoms with van der Waals surface area (Å²) in [6, 6.07) is 24.1. The van der Waals surface area contributed by atoms with E-state index in [1.807, 2.05) is 30.3 Å². The molecule has 0 N–H and O–H groups in total. The number of carbonyl (C=O) groups is 1. The summed E-state index contributed by atoms with van der Waals surface area (Å²) in [6.07, 6.45) is 0. The molecule has 3 nitrogen and oxygen atoms in total. The lowest BCUT2D eigenvalue weighted by Gasteiger charge is -2.14. The summed E-state index contributed by atoms with van der Waals surface area (Å²) in [5.41, 5.74) is 2.31. The van der Waals surface area contributed by atoms with Crippen LogP contribution in [0.1, 0.15) is 10.4 Å². The number of rotatable bonds is 3. The predicted octanol–water partition coefficient (Wildman–Crippen LogP) is 5.46. The zero-order valence-electron chi connectivity index (χ0n) is 14.7. The van der Waals surface area contributed by atoms with Crippen LogP contribution >= 0.6 is 0 Å². The van der Waals surface area contributed by atoms with E-state index in [9.17, 15) is 4.79 Å². The first kappa shape index (κ1) is 16.2. The summed E-state index contributed by atoms with van der Waals surface area (Å²) in [6.45, 7) is 0. The van der Waals surface area contributed by atoms with E-state index in [-0.39, 0.29) is 5.97 Å². The number of benzene rings is 4. The molecule has 0 bridgehead atoms. The average molecular weight is 342 g/mol. The largest absolute Gasteiger partial charge is 0.497 e. The van der Waals surface area contributed by atoms with Crippen LogP contribution in [0.2, 0.25) is 0 Å². The molecule has 0 amide bonds. The zero-order valence-corrected chi connectivity index (χ0v) is 14.7. The van der Waals surface area contributed by atoms with Crippen LogP contribution in [-0.2, 0) is 4.74 Å². The van der Waals surface area contributed by atoms with Gasteiger partial charge in [0.2, 0.25) is 0 Å². The smallest absolute Gasteiger partial charge is 0.338 e. The molecule has 4 rings (SSSR count). The lowest BCUT2D eigenvalue weighted by molar-refractivity contribution is 0.0601. The Kier molecular flexibility index (Phi) is 4.05. The molecule has 0 radical (unpaired) electrons. The van der Waals surface area contributed by atoms with Crippen molar-refractivity contribution in [3.05, 3.63) is 78.4 Å². The van der Waals surface area contributed by atoms with Crippen molar-refractivity contribution in [1.82, 2.24) is 0 Å². The van der Waals surface area contributed by atoms with Crippen LogP contribution in [0.15, 0.2) is 72.8 Å². The van der Waals surface area contributed by atoms with Gasteiger partial charge in [0.25, 0.3) is 0 Å². The SMILES string of the molecule is COC(=O)c1ccc(OC)cc1-c1cc2ccccc2c2ccccc12. The molecule has 0 unspecified atom stereocenters. The van der Waals surface area contributed by atoms with Gasteiger partial charge in [-0.2, -0.15) is 0 Å². The molecule has 0 heterocycles. The maximum absolute atomic E-state index is 12.3. The van der Waals surface area contributed by atoms with Gasteiger partial charge in [0.05, 0.1) is 19.8 Å². The van der Waals surface area contributed by atoms with Crippen LogP contribution in [0.25, 0.3) is 32.7 Å². The molecule has 4 aromatic carbocycles. The molecular formula is C23H18O3. The lowest BCUT2D eigenvalue weighted by Crippen LogP contribution is -2.04. The Hall–Kier alpha value is -3.33. The number of ether oxygens (including phenoxy) is 2. The predicted molar refractivity (Wildman–Crippen MR) is 105 cm³/mol. The van der Waals surface area contributed by atoms with Crippen molar-refractivity contribution < 1.29 is 14.3 Å². The lowest BCUT2D eigenvalue weighted by atomic mass is 9.91. The van der Waals surface area contributed by atoms with E-state index < -0.39 is 0 Å². The molecule has 0 fully saturated rings. The van der Waals surface area contributed by atoms with Crippen LogP contribution in [0, 0.1) is 0 Å². The summed E-state index contributed by atoms with van der Waals surface area (Å²) < 4.78 is 10.4. The highest BCUT2D eigenvalue weighted by atomic mass is 16.5. The Labute approximate surface area is 151 Å². The Morgan fingerprint density at radius 3 is 2.15 bits per heavy atom. The van der Waals surface area contributed by atoms with Crippen LogP contribution in [0.4, 0.5) is 0 Å². The van der Waals surface area contributed by atoms with E-state index in [1.165, 1.54) is 12.5 Å². The van der Waals surface area contributed by atoms with Gasteiger partial charge >= 0.3 is 5.97 Å². The van der Waals surface area contributed by atoms with Gasteiger partial charge in [-0.15, -0.1) is 0 Å². The third-order valence-corrected chi connectivity index (χ3v) is 4.69. The topological polar surface area (TPSA) is 35.5 Å². The quantitative estimate of drug-likeness (QED) is 0.366. The summed E-state index contributed by atoms with van der Waals surface area (Å²) in [5.74, 6) is 0.338. The van der Waals surface area contributed by atoms with Crippen molar-refractivity contribution in [2.24, 2.45) is 0 Å². The van der Waals surface area contributed by atoms with Gasteiger partial charge < -0.3 is 9.47 Å². The first-order valence-corrected chi connectivity index (χ1v) is 8.40. The molecular weight excluding hydrogens is 324 g/mol. The number of hydrogen-bond donors (Lipinski definition) is 0. The summed E-state index contributed by atoms with van der Waals surface area (Å²) in [4.78, 5) is 12.3. The number of carbonyl (C=O) groups excluding carboxylic acids is 1.